The van der Waals surface area contributed by atoms with Gasteiger partial charge in [0.2, 0.25) is 0 Å². The SMILES string of the molecule is CN(C)CCN1C(=O)C2=C(C(=O)C3CCC4CCCCC4C3O2)C1c1cccc(F)c1. The first kappa shape index (κ1) is 20.7. The van der Waals surface area contributed by atoms with Gasteiger partial charge in [-0.15, -0.1) is 0 Å². The van der Waals surface area contributed by atoms with Gasteiger partial charge in [-0.2, -0.15) is 0 Å². The molecule has 2 aliphatic carbocycles. The number of ketones is 1. The highest BCUT2D eigenvalue weighted by Crippen LogP contribution is 2.51. The minimum absolute atomic E-state index is 0.0465. The van der Waals surface area contributed by atoms with Gasteiger partial charge in [-0.25, -0.2) is 4.39 Å². The molecule has 0 spiro atoms. The molecule has 5 unspecified atom stereocenters. The number of carbonyl (C=O) groups is 2. The van der Waals surface area contributed by atoms with E-state index in [2.05, 4.69) is 0 Å². The van der Waals surface area contributed by atoms with Crippen LogP contribution < -0.4 is 0 Å². The Balaban J connectivity index is 1.54. The zero-order chi connectivity index (χ0) is 21.7. The van der Waals surface area contributed by atoms with E-state index in [-0.39, 0.29) is 35.3 Å². The summed E-state index contributed by atoms with van der Waals surface area (Å²) in [7, 11) is 3.90. The van der Waals surface area contributed by atoms with Crippen molar-refractivity contribution >= 4 is 11.7 Å². The summed E-state index contributed by atoms with van der Waals surface area (Å²) in [6, 6.07) is 5.70. The molecule has 0 N–H and O–H groups in total. The number of fused-ring (bicyclic) bond motifs is 3. The molecule has 0 aromatic heterocycles. The lowest BCUT2D eigenvalue weighted by molar-refractivity contribution is -0.141. The van der Waals surface area contributed by atoms with Crippen molar-refractivity contribution in [2.75, 3.05) is 27.2 Å². The zero-order valence-electron chi connectivity index (χ0n) is 18.4. The molecule has 1 aromatic carbocycles. The molecular formula is C25H31FN2O3. The second-order valence-corrected chi connectivity index (χ2v) is 9.84. The van der Waals surface area contributed by atoms with Crippen molar-refractivity contribution < 1.29 is 18.7 Å². The lowest BCUT2D eigenvalue weighted by Crippen LogP contribution is -2.48. The van der Waals surface area contributed by atoms with E-state index in [0.717, 1.165) is 19.3 Å². The topological polar surface area (TPSA) is 49.9 Å². The molecule has 6 heteroatoms. The number of benzene rings is 1. The Labute approximate surface area is 183 Å². The summed E-state index contributed by atoms with van der Waals surface area (Å²) in [5.74, 6) is 0.464. The van der Waals surface area contributed by atoms with Crippen LogP contribution in [0, 0.1) is 23.6 Å². The third kappa shape index (κ3) is 3.49. The molecule has 4 aliphatic rings. The molecule has 5 nitrogen and oxygen atoms in total. The van der Waals surface area contributed by atoms with Gasteiger partial charge >= 0.3 is 0 Å². The van der Waals surface area contributed by atoms with E-state index in [4.69, 9.17) is 4.74 Å². The van der Waals surface area contributed by atoms with Crippen LogP contribution in [0.1, 0.15) is 50.1 Å². The molecule has 2 aliphatic heterocycles. The average molecular weight is 427 g/mol. The summed E-state index contributed by atoms with van der Waals surface area (Å²) in [5.41, 5.74) is 1.09. The van der Waals surface area contributed by atoms with Gasteiger partial charge in [0.15, 0.2) is 11.5 Å². The molecule has 1 amide bonds. The largest absolute Gasteiger partial charge is 0.483 e. The van der Waals surface area contributed by atoms with E-state index >= 15 is 0 Å². The van der Waals surface area contributed by atoms with Crippen molar-refractivity contribution in [1.29, 1.82) is 0 Å². The van der Waals surface area contributed by atoms with Gasteiger partial charge < -0.3 is 14.5 Å². The number of halogens is 1. The summed E-state index contributed by atoms with van der Waals surface area (Å²) in [5, 5.41) is 0. The second kappa shape index (κ2) is 8.05. The summed E-state index contributed by atoms with van der Waals surface area (Å²) >= 11 is 0. The van der Waals surface area contributed by atoms with E-state index in [1.807, 2.05) is 19.0 Å². The highest BCUT2D eigenvalue weighted by Gasteiger charge is 2.55. The number of hydrogen-bond acceptors (Lipinski definition) is 4. The number of hydrogen-bond donors (Lipinski definition) is 0. The van der Waals surface area contributed by atoms with Gasteiger partial charge in [-0.3, -0.25) is 9.59 Å². The summed E-state index contributed by atoms with van der Waals surface area (Å²) in [6.07, 6.45) is 6.40. The normalized spacial score (nSPS) is 32.6. The van der Waals surface area contributed by atoms with Gasteiger partial charge in [0.05, 0.1) is 17.5 Å². The average Bonchev–Trinajstić information content (AvgIpc) is 3.04. The predicted molar refractivity (Wildman–Crippen MR) is 114 cm³/mol. The summed E-state index contributed by atoms with van der Waals surface area (Å²) in [6.45, 7) is 1.11. The second-order valence-electron chi connectivity index (χ2n) is 9.84. The van der Waals surface area contributed by atoms with Crippen molar-refractivity contribution in [3.05, 3.63) is 47.0 Å². The van der Waals surface area contributed by atoms with E-state index in [0.29, 0.717) is 36.1 Å². The molecule has 0 radical (unpaired) electrons. The fraction of sp³-hybridized carbons (Fsp3) is 0.600. The van der Waals surface area contributed by atoms with Crippen molar-refractivity contribution in [3.8, 4) is 0 Å². The van der Waals surface area contributed by atoms with Crippen LogP contribution >= 0.6 is 0 Å². The van der Waals surface area contributed by atoms with Crippen LogP contribution in [0.2, 0.25) is 0 Å². The van der Waals surface area contributed by atoms with Crippen LogP contribution in [0.4, 0.5) is 4.39 Å². The fourth-order valence-corrected chi connectivity index (χ4v) is 6.23. The quantitative estimate of drug-likeness (QED) is 0.737. The van der Waals surface area contributed by atoms with E-state index in [1.54, 1.807) is 17.0 Å². The number of carbonyl (C=O) groups excluding carboxylic acids is 2. The Hall–Kier alpha value is -2.21. The molecule has 1 aromatic rings. The van der Waals surface area contributed by atoms with E-state index < -0.39 is 6.04 Å². The first-order chi connectivity index (χ1) is 15.0. The molecule has 2 heterocycles. The molecular weight excluding hydrogens is 395 g/mol. The monoisotopic (exact) mass is 426 g/mol. The van der Waals surface area contributed by atoms with Crippen molar-refractivity contribution in [2.24, 2.45) is 17.8 Å². The van der Waals surface area contributed by atoms with Crippen LogP contribution in [0.25, 0.3) is 0 Å². The van der Waals surface area contributed by atoms with Gasteiger partial charge in [-0.1, -0.05) is 31.4 Å². The molecule has 0 bridgehead atoms. The van der Waals surface area contributed by atoms with Crippen molar-refractivity contribution in [2.45, 2.75) is 50.7 Å². The first-order valence-corrected chi connectivity index (χ1v) is 11.6. The Kier molecular flexibility index (Phi) is 5.37. The Morgan fingerprint density at radius 3 is 2.71 bits per heavy atom. The third-order valence-electron chi connectivity index (χ3n) is 7.73. The van der Waals surface area contributed by atoms with Crippen LogP contribution in [0.5, 0.6) is 0 Å². The minimum atomic E-state index is -0.573. The van der Waals surface area contributed by atoms with Gasteiger partial charge in [0.1, 0.15) is 11.9 Å². The lowest BCUT2D eigenvalue weighted by Gasteiger charge is -2.46. The molecule has 2 saturated carbocycles. The van der Waals surface area contributed by atoms with Gasteiger partial charge in [0.25, 0.3) is 5.91 Å². The minimum Gasteiger partial charge on any atom is -0.483 e. The molecule has 5 rings (SSSR count). The molecule has 0 saturated heterocycles. The van der Waals surface area contributed by atoms with E-state index in [9.17, 15) is 14.0 Å². The first-order valence-electron chi connectivity index (χ1n) is 11.6. The van der Waals surface area contributed by atoms with Crippen molar-refractivity contribution in [1.82, 2.24) is 9.80 Å². The number of nitrogens with zero attached hydrogens (tertiary/aromatic N) is 2. The molecule has 2 fully saturated rings. The number of rotatable bonds is 4. The summed E-state index contributed by atoms with van der Waals surface area (Å²) in [4.78, 5) is 31.0. The van der Waals surface area contributed by atoms with Crippen LogP contribution in [0.15, 0.2) is 35.6 Å². The third-order valence-corrected chi connectivity index (χ3v) is 7.73. The zero-order valence-corrected chi connectivity index (χ0v) is 18.4. The van der Waals surface area contributed by atoms with Gasteiger partial charge in [-0.05, 0) is 62.9 Å². The predicted octanol–water partition coefficient (Wildman–Crippen LogP) is 3.71. The standard InChI is InChI=1S/C25H31FN2O3/c1-27(2)12-13-28-21(16-7-5-8-17(26)14-16)20-22(29)19-11-10-15-6-3-4-9-18(15)23(19)31-24(20)25(28)30/h5,7-8,14-15,18-19,21,23H,3-4,6,9-13H2,1-2H3. The van der Waals surface area contributed by atoms with Crippen LogP contribution in [0.3, 0.4) is 0 Å². The maximum absolute atomic E-state index is 14.1. The Morgan fingerprint density at radius 1 is 1.13 bits per heavy atom. The van der Waals surface area contributed by atoms with Crippen molar-refractivity contribution in [3.63, 3.8) is 0 Å². The Morgan fingerprint density at radius 2 is 1.94 bits per heavy atom. The number of likely N-dealkylation sites (N-methyl/N-ethyl adjacent to an activating group) is 1. The van der Waals surface area contributed by atoms with Gasteiger partial charge in [0, 0.05) is 13.1 Å². The molecule has 5 atom stereocenters. The molecule has 166 valence electrons. The smallest absolute Gasteiger partial charge is 0.290 e. The fourth-order valence-electron chi connectivity index (χ4n) is 6.23. The van der Waals surface area contributed by atoms with Crippen LogP contribution in [-0.2, 0) is 14.3 Å². The van der Waals surface area contributed by atoms with E-state index in [1.165, 1.54) is 31.4 Å². The maximum atomic E-state index is 14.1. The maximum Gasteiger partial charge on any atom is 0.290 e. The Bertz CT molecular complexity index is 927. The lowest BCUT2D eigenvalue weighted by atomic mass is 9.63. The highest BCUT2D eigenvalue weighted by atomic mass is 19.1. The number of amides is 1. The van der Waals surface area contributed by atoms with Crippen LogP contribution in [-0.4, -0.2) is 54.8 Å². The molecule has 31 heavy (non-hydrogen) atoms. The highest BCUT2D eigenvalue weighted by molar-refractivity contribution is 6.11. The summed E-state index contributed by atoms with van der Waals surface area (Å²) < 4.78 is 20.5. The number of ether oxygens (including phenoxy) is 1. The number of Topliss-reactive ketones (excluding diaryl/α,β-unsaturated/α-hetero) is 1.